The van der Waals surface area contributed by atoms with Crippen LogP contribution < -0.4 is 10.6 Å². The first-order chi connectivity index (χ1) is 7.67. The molecule has 2 N–H and O–H groups in total. The maximum absolute atomic E-state index is 4.38. The van der Waals surface area contributed by atoms with Crippen molar-refractivity contribution >= 4 is 41.3 Å². The molecule has 0 saturated carbocycles. The van der Waals surface area contributed by atoms with Gasteiger partial charge in [0.05, 0.1) is 17.2 Å². The summed E-state index contributed by atoms with van der Waals surface area (Å²) >= 11 is 1.71. The van der Waals surface area contributed by atoms with Gasteiger partial charge in [-0.2, -0.15) is 0 Å². The van der Waals surface area contributed by atoms with E-state index < -0.39 is 0 Å². The van der Waals surface area contributed by atoms with Gasteiger partial charge in [0.15, 0.2) is 5.96 Å². The highest BCUT2D eigenvalue weighted by Gasteiger charge is 2.04. The first kappa shape index (κ1) is 16.4. The van der Waals surface area contributed by atoms with Crippen molar-refractivity contribution in [3.05, 3.63) is 28.2 Å². The summed E-state index contributed by atoms with van der Waals surface area (Å²) in [5.74, 6) is 0.783. The van der Waals surface area contributed by atoms with E-state index in [0.29, 0.717) is 6.54 Å². The lowest BCUT2D eigenvalue weighted by molar-refractivity contribution is 0.850. The van der Waals surface area contributed by atoms with Gasteiger partial charge in [0.2, 0.25) is 0 Å². The number of guanidine groups is 1. The van der Waals surface area contributed by atoms with Crippen LogP contribution in [0.25, 0.3) is 0 Å². The molecule has 0 fully saturated rings. The van der Waals surface area contributed by atoms with Crippen molar-refractivity contribution in [2.24, 2.45) is 4.99 Å². The third-order valence-electron chi connectivity index (χ3n) is 2.05. The molecule has 0 aliphatic heterocycles. The molecule has 0 bridgehead atoms. The first-order valence-electron chi connectivity index (χ1n) is 5.15. The maximum Gasteiger partial charge on any atom is 0.191 e. The zero-order valence-electron chi connectivity index (χ0n) is 10.4. The summed E-state index contributed by atoms with van der Waals surface area (Å²) in [6.45, 7) is 9.16. The molecule has 0 radical (unpaired) electrons. The standard InChI is InChI=1S/C11H18N4S.HI/c1-5-6-13-11(12-4)14-7-10-8(2)15-9(3)16-10;/h5H,1,6-7H2,2-4H3,(H2,12,13,14);1H. The highest BCUT2D eigenvalue weighted by Crippen LogP contribution is 2.16. The topological polar surface area (TPSA) is 49.3 Å². The molecule has 0 spiro atoms. The van der Waals surface area contributed by atoms with Crippen LogP contribution in [0.5, 0.6) is 0 Å². The molecule has 0 amide bonds. The Kier molecular flexibility index (Phi) is 8.15. The normalized spacial score (nSPS) is 10.6. The van der Waals surface area contributed by atoms with Crippen LogP contribution in [0.2, 0.25) is 0 Å². The Morgan fingerprint density at radius 3 is 2.65 bits per heavy atom. The molecule has 0 saturated heterocycles. The van der Waals surface area contributed by atoms with Crippen LogP contribution in [0.15, 0.2) is 17.6 Å². The van der Waals surface area contributed by atoms with Gasteiger partial charge in [-0.25, -0.2) is 4.98 Å². The van der Waals surface area contributed by atoms with Gasteiger partial charge in [0, 0.05) is 18.5 Å². The van der Waals surface area contributed by atoms with Crippen molar-refractivity contribution < 1.29 is 0 Å². The molecule has 0 unspecified atom stereocenters. The number of nitrogens with zero attached hydrogens (tertiary/aromatic N) is 2. The Bertz CT molecular complexity index is 387. The largest absolute Gasteiger partial charge is 0.353 e. The van der Waals surface area contributed by atoms with E-state index >= 15 is 0 Å². The van der Waals surface area contributed by atoms with Gasteiger partial charge in [0.25, 0.3) is 0 Å². The summed E-state index contributed by atoms with van der Waals surface area (Å²) in [5, 5.41) is 7.46. The molecule has 1 heterocycles. The molecule has 0 aromatic carbocycles. The smallest absolute Gasteiger partial charge is 0.191 e. The van der Waals surface area contributed by atoms with E-state index in [-0.39, 0.29) is 24.0 Å². The average Bonchev–Trinajstić information content (AvgIpc) is 2.58. The predicted octanol–water partition coefficient (Wildman–Crippen LogP) is 2.23. The quantitative estimate of drug-likeness (QED) is 0.372. The van der Waals surface area contributed by atoms with Crippen molar-refractivity contribution in [1.29, 1.82) is 0 Å². The summed E-state index contributed by atoms with van der Waals surface area (Å²) < 4.78 is 0. The fourth-order valence-electron chi connectivity index (χ4n) is 1.29. The first-order valence-corrected chi connectivity index (χ1v) is 5.97. The van der Waals surface area contributed by atoms with Gasteiger partial charge in [-0.3, -0.25) is 4.99 Å². The van der Waals surface area contributed by atoms with Crippen LogP contribution in [-0.4, -0.2) is 24.5 Å². The van der Waals surface area contributed by atoms with Crippen LogP contribution in [-0.2, 0) is 6.54 Å². The van der Waals surface area contributed by atoms with Crippen LogP contribution in [0.3, 0.4) is 0 Å². The minimum atomic E-state index is 0. The van der Waals surface area contributed by atoms with Crippen LogP contribution in [0, 0.1) is 13.8 Å². The summed E-state index contributed by atoms with van der Waals surface area (Å²) in [5.41, 5.74) is 1.09. The molecular weight excluding hydrogens is 347 g/mol. The third-order valence-corrected chi connectivity index (χ3v) is 3.13. The average molecular weight is 366 g/mol. The van der Waals surface area contributed by atoms with Gasteiger partial charge < -0.3 is 10.6 Å². The number of aryl methyl sites for hydroxylation is 2. The number of nitrogens with one attached hydrogen (secondary N) is 2. The lowest BCUT2D eigenvalue weighted by Gasteiger charge is -2.09. The fraction of sp³-hybridized carbons (Fsp3) is 0.455. The Balaban J connectivity index is 0.00000256. The highest BCUT2D eigenvalue weighted by molar-refractivity contribution is 14.0. The number of thiazole rings is 1. The second kappa shape index (κ2) is 8.46. The SMILES string of the molecule is C=CCNC(=NC)NCc1sc(C)nc1C.I. The van der Waals surface area contributed by atoms with E-state index in [2.05, 4.69) is 27.2 Å². The Hall–Kier alpha value is -0.630. The number of hydrogen-bond donors (Lipinski definition) is 2. The van der Waals surface area contributed by atoms with Gasteiger partial charge in [-0.05, 0) is 13.8 Å². The summed E-state index contributed by atoms with van der Waals surface area (Å²) in [4.78, 5) is 9.74. The Labute approximate surface area is 124 Å². The maximum atomic E-state index is 4.38. The molecule has 1 aromatic heterocycles. The molecule has 1 aromatic rings. The fourth-order valence-corrected chi connectivity index (χ4v) is 2.17. The monoisotopic (exact) mass is 366 g/mol. The second-order valence-electron chi connectivity index (χ2n) is 3.34. The van der Waals surface area contributed by atoms with Crippen LogP contribution >= 0.6 is 35.3 Å². The minimum absolute atomic E-state index is 0. The van der Waals surface area contributed by atoms with E-state index in [1.807, 2.05) is 13.8 Å². The summed E-state index contributed by atoms with van der Waals surface area (Å²) in [6.07, 6.45) is 1.80. The van der Waals surface area contributed by atoms with E-state index in [1.165, 1.54) is 4.88 Å². The van der Waals surface area contributed by atoms with Gasteiger partial charge in [0.1, 0.15) is 0 Å². The van der Waals surface area contributed by atoms with Crippen molar-refractivity contribution in [2.45, 2.75) is 20.4 Å². The van der Waals surface area contributed by atoms with Crippen molar-refractivity contribution in [3.63, 3.8) is 0 Å². The highest BCUT2D eigenvalue weighted by atomic mass is 127. The van der Waals surface area contributed by atoms with Gasteiger partial charge in [-0.15, -0.1) is 41.9 Å². The van der Waals surface area contributed by atoms with Gasteiger partial charge in [-0.1, -0.05) is 6.08 Å². The van der Waals surface area contributed by atoms with Gasteiger partial charge >= 0.3 is 0 Å². The molecule has 1 rings (SSSR count). The van der Waals surface area contributed by atoms with Crippen LogP contribution in [0.1, 0.15) is 15.6 Å². The van der Waals surface area contributed by atoms with Crippen molar-refractivity contribution in [1.82, 2.24) is 15.6 Å². The molecule has 0 aliphatic carbocycles. The van der Waals surface area contributed by atoms with E-state index in [1.54, 1.807) is 24.5 Å². The lowest BCUT2D eigenvalue weighted by Crippen LogP contribution is -2.36. The molecule has 6 heteroatoms. The number of aromatic nitrogens is 1. The summed E-state index contributed by atoms with van der Waals surface area (Å²) in [6, 6.07) is 0. The minimum Gasteiger partial charge on any atom is -0.353 e. The van der Waals surface area contributed by atoms with Crippen LogP contribution in [0.4, 0.5) is 0 Å². The van der Waals surface area contributed by atoms with E-state index in [0.717, 1.165) is 23.2 Å². The van der Waals surface area contributed by atoms with Crippen molar-refractivity contribution in [2.75, 3.05) is 13.6 Å². The van der Waals surface area contributed by atoms with Crippen molar-refractivity contribution in [3.8, 4) is 0 Å². The molecular formula is C11H19IN4S. The third kappa shape index (κ3) is 5.49. The Morgan fingerprint density at radius 1 is 1.47 bits per heavy atom. The predicted molar refractivity (Wildman–Crippen MR) is 85.4 cm³/mol. The van der Waals surface area contributed by atoms with E-state index in [9.17, 15) is 0 Å². The zero-order chi connectivity index (χ0) is 12.0. The second-order valence-corrected chi connectivity index (χ2v) is 4.62. The number of aliphatic imine (C=N–C) groups is 1. The molecule has 4 nitrogen and oxygen atoms in total. The summed E-state index contributed by atoms with van der Waals surface area (Å²) in [7, 11) is 1.75. The Morgan fingerprint density at radius 2 is 2.18 bits per heavy atom. The zero-order valence-corrected chi connectivity index (χ0v) is 13.6. The molecule has 0 atom stereocenters. The molecule has 96 valence electrons. The van der Waals surface area contributed by atoms with E-state index in [4.69, 9.17) is 0 Å². The molecule has 0 aliphatic rings. The number of hydrogen-bond acceptors (Lipinski definition) is 3. The molecule has 17 heavy (non-hydrogen) atoms. The number of halogens is 1. The lowest BCUT2D eigenvalue weighted by atomic mass is 10.4. The number of rotatable bonds is 4.